The van der Waals surface area contributed by atoms with E-state index in [9.17, 15) is 0 Å². The summed E-state index contributed by atoms with van der Waals surface area (Å²) in [6, 6.07) is 16.2. The van der Waals surface area contributed by atoms with Crippen molar-refractivity contribution >= 4 is 0 Å². The smallest absolute Gasteiger partial charge is 0.120 e. The van der Waals surface area contributed by atoms with Gasteiger partial charge >= 0.3 is 0 Å². The van der Waals surface area contributed by atoms with Crippen LogP contribution in [0.3, 0.4) is 0 Å². The van der Waals surface area contributed by atoms with E-state index < -0.39 is 0 Å². The monoisotopic (exact) mass is 271 g/mol. The van der Waals surface area contributed by atoms with Gasteiger partial charge in [0, 0.05) is 6.04 Å². The lowest BCUT2D eigenvalue weighted by Crippen LogP contribution is -2.12. The molecule has 20 heavy (non-hydrogen) atoms. The number of ether oxygens (including phenoxy) is 1. The van der Waals surface area contributed by atoms with Gasteiger partial charge in [0.15, 0.2) is 0 Å². The number of benzene rings is 2. The number of hydrogen-bond donors (Lipinski definition) is 2. The van der Waals surface area contributed by atoms with E-state index in [0.29, 0.717) is 12.6 Å². The predicted octanol–water partition coefficient (Wildman–Crippen LogP) is 3.04. The fourth-order valence-corrected chi connectivity index (χ4v) is 1.95. The molecule has 0 spiro atoms. The summed E-state index contributed by atoms with van der Waals surface area (Å²) in [5.74, 6) is 0.871. The number of aliphatic hydroxyl groups excluding tert-OH is 1. The third-order valence-electron chi connectivity index (χ3n) is 3.40. The molecule has 0 aliphatic carbocycles. The number of rotatable bonds is 6. The van der Waals surface area contributed by atoms with Crippen LogP contribution in [0.4, 0.5) is 0 Å². The molecule has 3 heteroatoms. The topological polar surface area (TPSA) is 41.5 Å². The minimum atomic E-state index is 0.0745. The fourth-order valence-electron chi connectivity index (χ4n) is 1.95. The number of nitrogens with one attached hydrogen (secondary N) is 1. The minimum absolute atomic E-state index is 0.0745. The first kappa shape index (κ1) is 14.6. The highest BCUT2D eigenvalue weighted by molar-refractivity contribution is 5.31. The quantitative estimate of drug-likeness (QED) is 0.848. The maximum Gasteiger partial charge on any atom is 0.120 e. The van der Waals surface area contributed by atoms with Crippen LogP contribution in [0.2, 0.25) is 0 Å². The van der Waals surface area contributed by atoms with E-state index in [0.717, 1.165) is 16.9 Å². The normalized spacial score (nSPS) is 12.2. The van der Waals surface area contributed by atoms with E-state index in [4.69, 9.17) is 9.84 Å². The molecule has 2 aromatic rings. The van der Waals surface area contributed by atoms with Crippen molar-refractivity contribution in [3.63, 3.8) is 0 Å². The lowest BCUT2D eigenvalue weighted by Gasteiger charge is -2.13. The van der Waals surface area contributed by atoms with Crippen molar-refractivity contribution in [1.82, 2.24) is 5.32 Å². The average molecular weight is 271 g/mol. The minimum Gasteiger partial charge on any atom is -0.489 e. The average Bonchev–Trinajstić information content (AvgIpc) is 2.53. The molecule has 2 aromatic carbocycles. The van der Waals surface area contributed by atoms with E-state index in [1.807, 2.05) is 43.4 Å². The van der Waals surface area contributed by atoms with Crippen LogP contribution < -0.4 is 10.1 Å². The van der Waals surface area contributed by atoms with Crippen LogP contribution in [-0.4, -0.2) is 12.2 Å². The molecule has 2 N–H and O–H groups in total. The van der Waals surface area contributed by atoms with Gasteiger partial charge in [0.25, 0.3) is 0 Å². The summed E-state index contributed by atoms with van der Waals surface area (Å²) in [6.07, 6.45) is 0. The van der Waals surface area contributed by atoms with Crippen molar-refractivity contribution in [2.75, 3.05) is 7.05 Å². The lowest BCUT2D eigenvalue weighted by molar-refractivity contribution is 0.281. The molecule has 2 rings (SSSR count). The molecule has 0 radical (unpaired) electrons. The van der Waals surface area contributed by atoms with E-state index >= 15 is 0 Å². The summed E-state index contributed by atoms with van der Waals surface area (Å²) >= 11 is 0. The summed E-state index contributed by atoms with van der Waals surface area (Å²) in [5, 5.41) is 12.2. The highest BCUT2D eigenvalue weighted by Crippen LogP contribution is 2.19. The Bertz CT molecular complexity index is 537. The highest BCUT2D eigenvalue weighted by atomic mass is 16.5. The summed E-state index contributed by atoms with van der Waals surface area (Å²) in [4.78, 5) is 0. The molecule has 0 saturated carbocycles. The van der Waals surface area contributed by atoms with Crippen molar-refractivity contribution in [3.05, 3.63) is 65.2 Å². The zero-order valence-electron chi connectivity index (χ0n) is 12.0. The van der Waals surface area contributed by atoms with Gasteiger partial charge < -0.3 is 15.2 Å². The Morgan fingerprint density at radius 3 is 2.45 bits per heavy atom. The van der Waals surface area contributed by atoms with E-state index in [1.165, 1.54) is 5.56 Å². The Labute approximate surface area is 120 Å². The van der Waals surface area contributed by atoms with Gasteiger partial charge in [0.05, 0.1) is 6.61 Å². The maximum absolute atomic E-state index is 9.01. The first-order chi connectivity index (χ1) is 9.72. The van der Waals surface area contributed by atoms with Crippen LogP contribution in [0.5, 0.6) is 5.75 Å². The number of aliphatic hydroxyl groups is 1. The largest absolute Gasteiger partial charge is 0.489 e. The van der Waals surface area contributed by atoms with Gasteiger partial charge in [0.2, 0.25) is 0 Å². The molecule has 0 aliphatic heterocycles. The van der Waals surface area contributed by atoms with Crippen LogP contribution in [0.1, 0.15) is 29.7 Å². The maximum atomic E-state index is 9.01. The molecule has 0 aromatic heterocycles. The van der Waals surface area contributed by atoms with Crippen LogP contribution in [0.15, 0.2) is 48.5 Å². The second-order valence-electron chi connectivity index (χ2n) is 4.85. The highest BCUT2D eigenvalue weighted by Gasteiger charge is 2.04. The molecule has 1 atom stereocenters. The Hall–Kier alpha value is -1.84. The van der Waals surface area contributed by atoms with Crippen LogP contribution in [-0.2, 0) is 13.2 Å². The Morgan fingerprint density at radius 2 is 1.80 bits per heavy atom. The van der Waals surface area contributed by atoms with Gasteiger partial charge in [-0.15, -0.1) is 0 Å². The molecular formula is C17H21NO2. The summed E-state index contributed by atoms with van der Waals surface area (Å²) in [6.45, 7) is 2.72. The van der Waals surface area contributed by atoms with Crippen molar-refractivity contribution in [3.8, 4) is 5.75 Å². The third kappa shape index (κ3) is 3.83. The molecule has 0 bridgehead atoms. The molecular weight excluding hydrogens is 250 g/mol. The van der Waals surface area contributed by atoms with Crippen molar-refractivity contribution in [2.24, 2.45) is 0 Å². The van der Waals surface area contributed by atoms with Gasteiger partial charge in [-0.25, -0.2) is 0 Å². The van der Waals surface area contributed by atoms with Crippen molar-refractivity contribution in [1.29, 1.82) is 0 Å². The predicted molar refractivity (Wildman–Crippen MR) is 80.6 cm³/mol. The van der Waals surface area contributed by atoms with Crippen molar-refractivity contribution in [2.45, 2.75) is 26.2 Å². The van der Waals surface area contributed by atoms with Gasteiger partial charge in [-0.05, 0) is 42.8 Å². The molecule has 1 unspecified atom stereocenters. The summed E-state index contributed by atoms with van der Waals surface area (Å²) < 4.78 is 5.81. The summed E-state index contributed by atoms with van der Waals surface area (Å²) in [5.41, 5.74) is 3.22. The second kappa shape index (κ2) is 7.08. The second-order valence-corrected chi connectivity index (χ2v) is 4.85. The van der Waals surface area contributed by atoms with Gasteiger partial charge in [-0.3, -0.25) is 0 Å². The zero-order valence-corrected chi connectivity index (χ0v) is 12.0. The molecule has 106 valence electrons. The molecule has 0 fully saturated rings. The Balaban J connectivity index is 1.99. The zero-order chi connectivity index (χ0) is 14.4. The first-order valence-electron chi connectivity index (χ1n) is 6.81. The first-order valence-corrected chi connectivity index (χ1v) is 6.81. The van der Waals surface area contributed by atoms with E-state index in [1.54, 1.807) is 0 Å². The van der Waals surface area contributed by atoms with Gasteiger partial charge in [0.1, 0.15) is 12.4 Å². The lowest BCUT2D eigenvalue weighted by atomic mass is 10.1. The molecule has 0 amide bonds. The molecule has 0 aliphatic rings. The van der Waals surface area contributed by atoms with Crippen LogP contribution in [0.25, 0.3) is 0 Å². The van der Waals surface area contributed by atoms with Gasteiger partial charge in [-0.2, -0.15) is 0 Å². The van der Waals surface area contributed by atoms with Crippen molar-refractivity contribution < 1.29 is 9.84 Å². The molecule has 0 heterocycles. The Kier molecular flexibility index (Phi) is 5.16. The fraction of sp³-hybridized carbons (Fsp3) is 0.294. The molecule has 3 nitrogen and oxygen atoms in total. The summed E-state index contributed by atoms with van der Waals surface area (Å²) in [7, 11) is 1.95. The van der Waals surface area contributed by atoms with Crippen LogP contribution in [0, 0.1) is 0 Å². The SMILES string of the molecule is CNC(C)c1cccc(OCc2ccc(CO)cc2)c1. The number of hydrogen-bond acceptors (Lipinski definition) is 3. The Morgan fingerprint density at radius 1 is 1.10 bits per heavy atom. The standard InChI is InChI=1S/C17H21NO2/c1-13(18-2)16-4-3-5-17(10-16)20-12-15-8-6-14(11-19)7-9-15/h3-10,13,18-19H,11-12H2,1-2H3. The van der Waals surface area contributed by atoms with Gasteiger partial charge in [-0.1, -0.05) is 36.4 Å². The molecule has 0 saturated heterocycles. The van der Waals surface area contributed by atoms with Crippen LogP contribution >= 0.6 is 0 Å². The third-order valence-corrected chi connectivity index (χ3v) is 3.40. The van der Waals surface area contributed by atoms with E-state index in [-0.39, 0.29) is 6.61 Å². The van der Waals surface area contributed by atoms with E-state index in [2.05, 4.69) is 24.4 Å².